The van der Waals surface area contributed by atoms with Gasteiger partial charge in [-0.05, 0) is 18.4 Å². The zero-order valence-corrected chi connectivity index (χ0v) is 6.55. The lowest BCUT2D eigenvalue weighted by Crippen LogP contribution is -2.24. The maximum Gasteiger partial charge on any atom is 0.0505 e. The Kier molecular flexibility index (Phi) is 4.72. The predicted molar refractivity (Wildman–Crippen MR) is 39.3 cm³/mol. The highest BCUT2D eigenvalue weighted by molar-refractivity contribution is 4.61. The molecule has 0 heterocycles. The first-order chi connectivity index (χ1) is 4.22. The fourth-order valence-corrected chi connectivity index (χ4v) is 0.747. The molecule has 0 bridgehead atoms. The van der Waals surface area contributed by atoms with E-state index in [2.05, 4.69) is 13.8 Å². The highest BCUT2D eigenvalue weighted by atomic mass is 16.5. The van der Waals surface area contributed by atoms with Gasteiger partial charge in [-0.15, -0.1) is 0 Å². The molecule has 1 atom stereocenters. The minimum Gasteiger partial charge on any atom is -0.384 e. The normalized spacial score (nSPS) is 14.3. The van der Waals surface area contributed by atoms with Crippen molar-refractivity contribution in [2.75, 3.05) is 20.3 Å². The second kappa shape index (κ2) is 4.77. The van der Waals surface area contributed by atoms with E-state index in [4.69, 9.17) is 10.5 Å². The van der Waals surface area contributed by atoms with Gasteiger partial charge >= 0.3 is 0 Å². The van der Waals surface area contributed by atoms with Gasteiger partial charge in [0.2, 0.25) is 0 Å². The van der Waals surface area contributed by atoms with Crippen LogP contribution < -0.4 is 5.73 Å². The van der Waals surface area contributed by atoms with Crippen molar-refractivity contribution in [1.29, 1.82) is 0 Å². The smallest absolute Gasteiger partial charge is 0.0505 e. The highest BCUT2D eigenvalue weighted by Gasteiger charge is 2.09. The molecule has 0 radical (unpaired) electrons. The summed E-state index contributed by atoms with van der Waals surface area (Å²) in [5, 5.41) is 0. The Bertz CT molecular complexity index is 63.9. The second-order valence-electron chi connectivity index (χ2n) is 2.70. The largest absolute Gasteiger partial charge is 0.384 e. The van der Waals surface area contributed by atoms with E-state index in [-0.39, 0.29) is 0 Å². The van der Waals surface area contributed by atoms with Gasteiger partial charge in [0.1, 0.15) is 0 Å². The average Bonchev–Trinajstić information content (AvgIpc) is 1.82. The third-order valence-corrected chi connectivity index (χ3v) is 1.63. The van der Waals surface area contributed by atoms with E-state index in [1.54, 1.807) is 7.11 Å². The molecule has 0 aromatic rings. The monoisotopic (exact) mass is 131 g/mol. The Morgan fingerprint density at radius 3 is 2.11 bits per heavy atom. The van der Waals surface area contributed by atoms with Crippen LogP contribution in [0.25, 0.3) is 0 Å². The van der Waals surface area contributed by atoms with Gasteiger partial charge in [0.15, 0.2) is 0 Å². The van der Waals surface area contributed by atoms with Crippen molar-refractivity contribution in [3.05, 3.63) is 0 Å². The first-order valence-electron chi connectivity index (χ1n) is 3.41. The second-order valence-corrected chi connectivity index (χ2v) is 2.70. The number of hydrogen-bond donors (Lipinski definition) is 1. The van der Waals surface area contributed by atoms with Crippen LogP contribution >= 0.6 is 0 Å². The van der Waals surface area contributed by atoms with Crippen molar-refractivity contribution in [1.82, 2.24) is 0 Å². The van der Waals surface area contributed by atoms with E-state index in [0.717, 1.165) is 13.2 Å². The van der Waals surface area contributed by atoms with Gasteiger partial charge in [-0.25, -0.2) is 0 Å². The molecule has 0 rings (SSSR count). The molecular formula is C7H17NO. The lowest BCUT2D eigenvalue weighted by atomic mass is 9.97. The molecule has 1 unspecified atom stereocenters. The molecule has 56 valence electrons. The molecule has 0 aliphatic carbocycles. The quantitative estimate of drug-likeness (QED) is 0.614. The van der Waals surface area contributed by atoms with Crippen molar-refractivity contribution in [2.24, 2.45) is 17.6 Å². The SMILES string of the molecule is COCC(CN)C(C)C. The summed E-state index contributed by atoms with van der Waals surface area (Å²) in [7, 11) is 1.71. The van der Waals surface area contributed by atoms with Crippen LogP contribution in [-0.2, 0) is 4.74 Å². The third kappa shape index (κ3) is 3.49. The van der Waals surface area contributed by atoms with Gasteiger partial charge in [-0.2, -0.15) is 0 Å². The minimum absolute atomic E-state index is 0.523. The topological polar surface area (TPSA) is 35.2 Å². The molecule has 0 aromatic heterocycles. The summed E-state index contributed by atoms with van der Waals surface area (Å²) in [5.74, 6) is 1.16. The van der Waals surface area contributed by atoms with E-state index < -0.39 is 0 Å². The van der Waals surface area contributed by atoms with Crippen LogP contribution in [0, 0.1) is 11.8 Å². The van der Waals surface area contributed by atoms with Crippen LogP contribution in [0.15, 0.2) is 0 Å². The predicted octanol–water partition coefficient (Wildman–Crippen LogP) is 0.864. The summed E-state index contributed by atoms with van der Waals surface area (Å²) >= 11 is 0. The molecule has 0 amide bonds. The molecule has 2 nitrogen and oxygen atoms in total. The van der Waals surface area contributed by atoms with Gasteiger partial charge in [0, 0.05) is 7.11 Å². The zero-order chi connectivity index (χ0) is 7.28. The van der Waals surface area contributed by atoms with Gasteiger partial charge < -0.3 is 10.5 Å². The average molecular weight is 131 g/mol. The van der Waals surface area contributed by atoms with Gasteiger partial charge in [0.05, 0.1) is 6.61 Å². The molecule has 0 aliphatic heterocycles. The lowest BCUT2D eigenvalue weighted by Gasteiger charge is -2.16. The van der Waals surface area contributed by atoms with Crippen molar-refractivity contribution >= 4 is 0 Å². The van der Waals surface area contributed by atoms with Crippen molar-refractivity contribution < 1.29 is 4.74 Å². The summed E-state index contributed by atoms with van der Waals surface area (Å²) in [6.07, 6.45) is 0. The van der Waals surface area contributed by atoms with Crippen LogP contribution in [0.5, 0.6) is 0 Å². The van der Waals surface area contributed by atoms with E-state index >= 15 is 0 Å². The zero-order valence-electron chi connectivity index (χ0n) is 6.55. The van der Waals surface area contributed by atoms with Crippen LogP contribution in [0.2, 0.25) is 0 Å². The van der Waals surface area contributed by atoms with E-state index in [0.29, 0.717) is 11.8 Å². The Hall–Kier alpha value is -0.0800. The number of rotatable bonds is 4. The molecule has 0 saturated heterocycles. The van der Waals surface area contributed by atoms with Crippen LogP contribution in [0.4, 0.5) is 0 Å². The van der Waals surface area contributed by atoms with Gasteiger partial charge in [-0.1, -0.05) is 13.8 Å². The fraction of sp³-hybridized carbons (Fsp3) is 1.00. The first-order valence-corrected chi connectivity index (χ1v) is 3.41. The molecule has 2 heteroatoms. The number of methoxy groups -OCH3 is 1. The highest BCUT2D eigenvalue weighted by Crippen LogP contribution is 2.08. The summed E-state index contributed by atoms with van der Waals surface area (Å²) in [4.78, 5) is 0. The number of hydrogen-bond acceptors (Lipinski definition) is 2. The van der Waals surface area contributed by atoms with Crippen molar-refractivity contribution in [3.8, 4) is 0 Å². The van der Waals surface area contributed by atoms with E-state index in [9.17, 15) is 0 Å². The van der Waals surface area contributed by atoms with Crippen LogP contribution in [0.3, 0.4) is 0 Å². The van der Waals surface area contributed by atoms with E-state index in [1.165, 1.54) is 0 Å². The molecule has 0 spiro atoms. The third-order valence-electron chi connectivity index (χ3n) is 1.63. The molecule has 0 aliphatic rings. The standard InChI is InChI=1S/C7H17NO/c1-6(2)7(4-8)5-9-3/h6-7H,4-5,8H2,1-3H3. The number of nitrogens with two attached hydrogens (primary N) is 1. The minimum atomic E-state index is 0.523. The summed E-state index contributed by atoms with van der Waals surface area (Å²) in [6, 6.07) is 0. The molecule has 0 fully saturated rings. The summed E-state index contributed by atoms with van der Waals surface area (Å²) in [5.41, 5.74) is 5.48. The van der Waals surface area contributed by atoms with Crippen LogP contribution in [0.1, 0.15) is 13.8 Å². The van der Waals surface area contributed by atoms with E-state index in [1.807, 2.05) is 0 Å². The van der Waals surface area contributed by atoms with Gasteiger partial charge in [-0.3, -0.25) is 0 Å². The molecule has 0 aromatic carbocycles. The maximum atomic E-state index is 5.48. The molecule has 0 saturated carbocycles. The summed E-state index contributed by atoms with van der Waals surface area (Å²) < 4.78 is 4.98. The first kappa shape index (κ1) is 8.92. The number of ether oxygens (including phenoxy) is 1. The fourth-order valence-electron chi connectivity index (χ4n) is 0.747. The Balaban J connectivity index is 3.41. The van der Waals surface area contributed by atoms with Gasteiger partial charge in [0.25, 0.3) is 0 Å². The van der Waals surface area contributed by atoms with Crippen molar-refractivity contribution in [2.45, 2.75) is 13.8 Å². The molecular weight excluding hydrogens is 114 g/mol. The Labute approximate surface area is 57.4 Å². The molecule has 2 N–H and O–H groups in total. The molecule has 9 heavy (non-hydrogen) atoms. The lowest BCUT2D eigenvalue weighted by molar-refractivity contribution is 0.133. The van der Waals surface area contributed by atoms with Crippen LogP contribution in [-0.4, -0.2) is 20.3 Å². The Morgan fingerprint density at radius 2 is 2.00 bits per heavy atom. The maximum absolute atomic E-state index is 5.48. The Morgan fingerprint density at radius 1 is 1.44 bits per heavy atom. The summed E-state index contributed by atoms with van der Waals surface area (Å²) in [6.45, 7) is 5.84. The van der Waals surface area contributed by atoms with Crippen molar-refractivity contribution in [3.63, 3.8) is 0 Å².